The highest BCUT2D eigenvalue weighted by atomic mass is 35.5. The average molecular weight is 468 g/mol. The lowest BCUT2D eigenvalue weighted by molar-refractivity contribution is 0.619. The van der Waals surface area contributed by atoms with Gasteiger partial charge in [-0.3, -0.25) is 4.98 Å². The molecule has 6 nitrogen and oxygen atoms in total. The summed E-state index contributed by atoms with van der Waals surface area (Å²) in [4.78, 5) is 11.5. The van der Waals surface area contributed by atoms with E-state index in [4.69, 9.17) is 23.1 Å². The van der Waals surface area contributed by atoms with Crippen molar-refractivity contribution in [2.45, 2.75) is 12.8 Å². The fraction of sp³-hybridized carbons (Fsp3) is 0.118. The Morgan fingerprint density at radius 3 is 2.46 bits per heavy atom. The van der Waals surface area contributed by atoms with Gasteiger partial charge in [0.15, 0.2) is 11.6 Å². The van der Waals surface area contributed by atoms with Crippen LogP contribution in [0.3, 0.4) is 0 Å². The van der Waals surface area contributed by atoms with Crippen molar-refractivity contribution < 1.29 is 4.39 Å². The molecule has 0 fully saturated rings. The molecule has 152 valence electrons. The lowest BCUT2D eigenvalue weighted by atomic mass is 10.0. The Labute approximate surface area is 185 Å². The quantitative estimate of drug-likeness (QED) is 0.373. The van der Waals surface area contributed by atoms with E-state index in [1.807, 2.05) is 12.1 Å². The van der Waals surface area contributed by atoms with E-state index in [1.165, 1.54) is 0 Å². The second-order valence-corrected chi connectivity index (χ2v) is 5.84. The summed E-state index contributed by atoms with van der Waals surface area (Å²) in [5.41, 5.74) is 15.7. The average Bonchev–Trinajstić information content (AvgIpc) is 2.58. The standard InChI is InChI=1S/C17H16ClFN6.3ClH/c18-17-23-9-14(19)16(25-17)24-13-3-4-15(21)11(6-13)2-1-10-5-12(20)8-22-7-10;;;/h3-9H,1-2,20-21H2,(H,23,24,25);3*1H. The zero-order valence-electron chi connectivity index (χ0n) is 14.4. The van der Waals surface area contributed by atoms with Crippen LogP contribution in [0.5, 0.6) is 0 Å². The molecule has 11 heteroatoms. The number of pyridine rings is 1. The lowest BCUT2D eigenvalue weighted by Gasteiger charge is -2.11. The first kappa shape index (κ1) is 25.9. The van der Waals surface area contributed by atoms with Gasteiger partial charge in [0.05, 0.1) is 11.9 Å². The monoisotopic (exact) mass is 466 g/mol. The van der Waals surface area contributed by atoms with Crippen LogP contribution < -0.4 is 16.8 Å². The predicted molar refractivity (Wildman–Crippen MR) is 119 cm³/mol. The van der Waals surface area contributed by atoms with Crippen molar-refractivity contribution in [1.82, 2.24) is 15.0 Å². The summed E-state index contributed by atoms with van der Waals surface area (Å²) in [6.07, 6.45) is 5.82. The summed E-state index contributed by atoms with van der Waals surface area (Å²) < 4.78 is 13.8. The molecule has 2 aromatic heterocycles. The normalized spacial score (nSPS) is 9.50. The molecule has 0 saturated carbocycles. The number of nitrogens with one attached hydrogen (secondary N) is 1. The SMILES string of the molecule is Cl.Cl.Cl.Nc1cncc(CCc2cc(Nc3nc(Cl)ncc3F)ccc2N)c1. The molecule has 0 atom stereocenters. The Hall–Kier alpha value is -2.06. The molecule has 0 unspecified atom stereocenters. The van der Waals surface area contributed by atoms with E-state index in [0.717, 1.165) is 23.7 Å². The number of anilines is 4. The Morgan fingerprint density at radius 1 is 1.00 bits per heavy atom. The van der Waals surface area contributed by atoms with Crippen LogP contribution in [-0.2, 0) is 12.8 Å². The van der Waals surface area contributed by atoms with Gasteiger partial charge in [-0.05, 0) is 59.8 Å². The molecule has 1 aromatic carbocycles. The second-order valence-electron chi connectivity index (χ2n) is 5.50. The highest BCUT2D eigenvalue weighted by molar-refractivity contribution is 6.28. The largest absolute Gasteiger partial charge is 0.399 e. The van der Waals surface area contributed by atoms with Gasteiger partial charge >= 0.3 is 0 Å². The van der Waals surface area contributed by atoms with Gasteiger partial charge in [0.25, 0.3) is 0 Å². The number of nitrogens with zero attached hydrogens (tertiary/aromatic N) is 3. The molecule has 0 saturated heterocycles. The molecular formula is C17H19Cl4FN6. The Balaban J connectivity index is 0.00000243. The number of halogens is 5. The van der Waals surface area contributed by atoms with E-state index in [-0.39, 0.29) is 48.3 Å². The molecule has 28 heavy (non-hydrogen) atoms. The van der Waals surface area contributed by atoms with Gasteiger partial charge in [0, 0.05) is 23.8 Å². The van der Waals surface area contributed by atoms with Crippen molar-refractivity contribution in [3.63, 3.8) is 0 Å². The maximum absolute atomic E-state index is 13.8. The summed E-state index contributed by atoms with van der Waals surface area (Å²) >= 11 is 5.70. The Bertz CT molecular complexity index is 913. The third-order valence-corrected chi connectivity index (χ3v) is 3.80. The number of hydrogen-bond donors (Lipinski definition) is 3. The molecule has 5 N–H and O–H groups in total. The van der Waals surface area contributed by atoms with Crippen molar-refractivity contribution in [1.29, 1.82) is 0 Å². The summed E-state index contributed by atoms with van der Waals surface area (Å²) in [5, 5.41) is 2.86. The van der Waals surface area contributed by atoms with Crippen molar-refractivity contribution >= 4 is 71.7 Å². The Kier molecular flexibility index (Phi) is 10.8. The Morgan fingerprint density at radius 2 is 1.75 bits per heavy atom. The van der Waals surface area contributed by atoms with Crippen LogP contribution >= 0.6 is 48.8 Å². The van der Waals surface area contributed by atoms with E-state index < -0.39 is 5.82 Å². The number of benzene rings is 1. The van der Waals surface area contributed by atoms with Gasteiger partial charge in [-0.15, -0.1) is 37.2 Å². The van der Waals surface area contributed by atoms with E-state index >= 15 is 0 Å². The number of aryl methyl sites for hydroxylation is 2. The zero-order chi connectivity index (χ0) is 17.8. The number of aromatic nitrogens is 3. The number of nitrogen functional groups attached to an aromatic ring is 2. The van der Waals surface area contributed by atoms with E-state index in [0.29, 0.717) is 23.5 Å². The third kappa shape index (κ3) is 6.83. The maximum Gasteiger partial charge on any atom is 0.224 e. The van der Waals surface area contributed by atoms with Gasteiger partial charge in [-0.2, -0.15) is 4.98 Å². The third-order valence-electron chi connectivity index (χ3n) is 3.62. The van der Waals surface area contributed by atoms with Crippen molar-refractivity contribution in [2.24, 2.45) is 0 Å². The maximum atomic E-state index is 13.8. The van der Waals surface area contributed by atoms with Crippen molar-refractivity contribution in [2.75, 3.05) is 16.8 Å². The summed E-state index contributed by atoms with van der Waals surface area (Å²) in [7, 11) is 0. The van der Waals surface area contributed by atoms with E-state index in [9.17, 15) is 4.39 Å². The van der Waals surface area contributed by atoms with Crippen LogP contribution in [0.25, 0.3) is 0 Å². The van der Waals surface area contributed by atoms with Crippen LogP contribution in [-0.4, -0.2) is 15.0 Å². The molecule has 0 aliphatic carbocycles. The topological polar surface area (TPSA) is 103 Å². The first-order valence-corrected chi connectivity index (χ1v) is 7.92. The van der Waals surface area contributed by atoms with Crippen LogP contribution in [0.4, 0.5) is 27.3 Å². The van der Waals surface area contributed by atoms with Crippen molar-refractivity contribution in [3.05, 3.63) is 65.1 Å². The minimum atomic E-state index is -0.589. The van der Waals surface area contributed by atoms with E-state index in [1.54, 1.807) is 24.5 Å². The fourth-order valence-electron chi connectivity index (χ4n) is 2.39. The van der Waals surface area contributed by atoms with Crippen molar-refractivity contribution in [3.8, 4) is 0 Å². The van der Waals surface area contributed by atoms with Gasteiger partial charge < -0.3 is 16.8 Å². The highest BCUT2D eigenvalue weighted by Gasteiger charge is 2.08. The van der Waals surface area contributed by atoms with Crippen LogP contribution in [0.2, 0.25) is 5.28 Å². The van der Waals surface area contributed by atoms with E-state index in [2.05, 4.69) is 20.3 Å². The number of hydrogen-bond acceptors (Lipinski definition) is 6. The molecular weight excluding hydrogens is 449 g/mol. The summed E-state index contributed by atoms with van der Waals surface area (Å²) in [6.45, 7) is 0. The smallest absolute Gasteiger partial charge is 0.224 e. The number of nitrogens with two attached hydrogens (primary N) is 2. The molecule has 0 bridgehead atoms. The molecule has 0 aliphatic heterocycles. The molecule has 0 radical (unpaired) electrons. The highest BCUT2D eigenvalue weighted by Crippen LogP contribution is 2.24. The first-order chi connectivity index (χ1) is 12.0. The molecule has 0 aliphatic rings. The predicted octanol–water partition coefficient (Wildman–Crippen LogP) is 4.62. The molecule has 0 amide bonds. The minimum Gasteiger partial charge on any atom is -0.399 e. The molecule has 0 spiro atoms. The van der Waals surface area contributed by atoms with Gasteiger partial charge in [0.1, 0.15) is 0 Å². The van der Waals surface area contributed by atoms with Crippen LogP contribution in [0, 0.1) is 5.82 Å². The second kappa shape index (κ2) is 11.7. The van der Waals surface area contributed by atoms with Crippen LogP contribution in [0.1, 0.15) is 11.1 Å². The first-order valence-electron chi connectivity index (χ1n) is 7.54. The number of rotatable bonds is 5. The molecule has 2 heterocycles. The van der Waals surface area contributed by atoms with Gasteiger partial charge in [-0.25, -0.2) is 9.37 Å². The minimum absolute atomic E-state index is 0. The zero-order valence-corrected chi connectivity index (χ0v) is 17.6. The molecule has 3 rings (SSSR count). The molecule has 3 aromatic rings. The fourth-order valence-corrected chi connectivity index (χ4v) is 2.53. The van der Waals surface area contributed by atoms with Crippen LogP contribution in [0.15, 0.2) is 42.9 Å². The van der Waals surface area contributed by atoms with Gasteiger partial charge in [0.2, 0.25) is 5.28 Å². The van der Waals surface area contributed by atoms with Gasteiger partial charge in [-0.1, -0.05) is 0 Å². The lowest BCUT2D eigenvalue weighted by Crippen LogP contribution is -2.02. The summed E-state index contributed by atoms with van der Waals surface area (Å²) in [6, 6.07) is 7.24. The summed E-state index contributed by atoms with van der Waals surface area (Å²) in [5.74, 6) is -0.579.